The van der Waals surface area contributed by atoms with Crippen LogP contribution < -0.4 is 0 Å². The highest BCUT2D eigenvalue weighted by atomic mass is 19.1. The third kappa shape index (κ3) is 9.57. The van der Waals surface area contributed by atoms with Crippen LogP contribution in [0.4, 0.5) is 4.39 Å². The van der Waals surface area contributed by atoms with Crippen LogP contribution in [0.15, 0.2) is 60.7 Å². The number of rotatable bonds is 13. The zero-order valence-electron chi connectivity index (χ0n) is 27.7. The molecule has 0 aromatic heterocycles. The maximum atomic E-state index is 16.4. The molecule has 0 bridgehead atoms. The van der Waals surface area contributed by atoms with E-state index in [4.69, 9.17) is 37.9 Å². The molecule has 10 atom stereocenters. The van der Waals surface area contributed by atoms with Crippen LogP contribution >= 0.6 is 0 Å². The van der Waals surface area contributed by atoms with Crippen LogP contribution in [0, 0.1) is 5.92 Å². The van der Waals surface area contributed by atoms with E-state index in [2.05, 4.69) is 0 Å². The maximum Gasteiger partial charge on any atom is 0.303 e. The molecule has 2 fully saturated rings. The average Bonchev–Trinajstić information content (AvgIpc) is 3.03. The molecule has 0 spiro atoms. The van der Waals surface area contributed by atoms with Gasteiger partial charge in [-0.25, -0.2) is 4.39 Å². The number of hydrogen-bond donors (Lipinski definition) is 0. The summed E-state index contributed by atoms with van der Waals surface area (Å²) in [6.07, 6.45) is -9.44. The number of esters is 3. The van der Waals surface area contributed by atoms with Crippen molar-refractivity contribution in [3.8, 4) is 0 Å². The quantitative estimate of drug-likeness (QED) is 0.217. The molecule has 47 heavy (non-hydrogen) atoms. The predicted molar refractivity (Wildman–Crippen MR) is 165 cm³/mol. The molecule has 258 valence electrons. The lowest BCUT2D eigenvalue weighted by Crippen LogP contribution is -2.67. The van der Waals surface area contributed by atoms with Crippen LogP contribution in [0.5, 0.6) is 0 Å². The molecule has 2 aliphatic heterocycles. The molecule has 0 amide bonds. The summed E-state index contributed by atoms with van der Waals surface area (Å²) >= 11 is 0. The van der Waals surface area contributed by atoms with Crippen molar-refractivity contribution < 1.29 is 56.7 Å². The summed E-state index contributed by atoms with van der Waals surface area (Å²) in [5.74, 6) is -4.05. The van der Waals surface area contributed by atoms with Crippen LogP contribution in [0.2, 0.25) is 0 Å². The van der Waals surface area contributed by atoms with Crippen molar-refractivity contribution in [2.24, 2.45) is 5.92 Å². The Morgan fingerprint density at radius 3 is 1.87 bits per heavy atom. The largest absolute Gasteiger partial charge is 0.463 e. The van der Waals surface area contributed by atoms with Gasteiger partial charge in [0.25, 0.3) is 0 Å². The molecular weight excluding hydrogens is 615 g/mol. The SMILES string of the molecule is CCC1O[C@](C)(O[C@@H]2OC(COC(C)=O)[C@@H](OC(C)=O)C(OC(C)=O)C2F)C(OCc2ccccc2)[C@@H](OCc2ccccc2)[C@@H]1C. The van der Waals surface area contributed by atoms with Gasteiger partial charge in [-0.1, -0.05) is 74.5 Å². The van der Waals surface area contributed by atoms with E-state index in [-0.39, 0.29) is 25.2 Å². The second-order valence-corrected chi connectivity index (χ2v) is 12.0. The molecule has 2 saturated heterocycles. The third-order valence-corrected chi connectivity index (χ3v) is 8.24. The second-order valence-electron chi connectivity index (χ2n) is 12.0. The number of carbonyl (C=O) groups is 3. The number of carbonyl (C=O) groups excluding carboxylic acids is 3. The summed E-state index contributed by atoms with van der Waals surface area (Å²) in [6, 6.07) is 19.2. The first-order chi connectivity index (χ1) is 22.4. The van der Waals surface area contributed by atoms with Crippen molar-refractivity contribution in [1.82, 2.24) is 0 Å². The van der Waals surface area contributed by atoms with Gasteiger partial charge in [0.05, 0.1) is 25.4 Å². The Morgan fingerprint density at radius 2 is 1.34 bits per heavy atom. The molecule has 0 radical (unpaired) electrons. The zero-order chi connectivity index (χ0) is 34.1. The lowest BCUT2D eigenvalue weighted by molar-refractivity contribution is -0.414. The van der Waals surface area contributed by atoms with E-state index in [0.29, 0.717) is 6.42 Å². The van der Waals surface area contributed by atoms with E-state index >= 15 is 4.39 Å². The Labute approximate surface area is 274 Å². The van der Waals surface area contributed by atoms with Gasteiger partial charge in [-0.3, -0.25) is 14.4 Å². The predicted octanol–water partition coefficient (Wildman–Crippen LogP) is 4.82. The molecule has 11 nitrogen and oxygen atoms in total. The van der Waals surface area contributed by atoms with Gasteiger partial charge in [0.15, 0.2) is 30.5 Å². The van der Waals surface area contributed by atoms with Crippen LogP contribution in [-0.4, -0.2) is 79.4 Å². The Bertz CT molecular complexity index is 1310. The minimum atomic E-state index is -2.14. The first-order valence-corrected chi connectivity index (χ1v) is 15.9. The Kier molecular flexibility index (Phi) is 12.9. The van der Waals surface area contributed by atoms with Crippen LogP contribution in [0.3, 0.4) is 0 Å². The minimum absolute atomic E-state index is 0.159. The first-order valence-electron chi connectivity index (χ1n) is 15.9. The van der Waals surface area contributed by atoms with Crippen LogP contribution in [-0.2, 0) is 65.5 Å². The molecule has 0 aliphatic carbocycles. The molecule has 2 aromatic carbocycles. The van der Waals surface area contributed by atoms with E-state index in [1.54, 1.807) is 6.92 Å². The fourth-order valence-electron chi connectivity index (χ4n) is 6.01. The fraction of sp³-hybridized carbons (Fsp3) is 0.571. The Balaban J connectivity index is 1.69. The number of ether oxygens (including phenoxy) is 8. The van der Waals surface area contributed by atoms with Crippen molar-refractivity contribution in [2.45, 2.75) is 116 Å². The minimum Gasteiger partial charge on any atom is -0.463 e. The first kappa shape index (κ1) is 36.4. The fourth-order valence-corrected chi connectivity index (χ4v) is 6.01. The Hall–Kier alpha value is -3.42. The van der Waals surface area contributed by atoms with Gasteiger partial charge in [-0.15, -0.1) is 0 Å². The smallest absolute Gasteiger partial charge is 0.303 e. The normalized spacial score (nSPS) is 32.3. The highest BCUT2D eigenvalue weighted by molar-refractivity contribution is 5.68. The van der Waals surface area contributed by atoms with Crippen LogP contribution in [0.1, 0.15) is 59.1 Å². The van der Waals surface area contributed by atoms with Gasteiger partial charge in [-0.05, 0) is 24.5 Å². The number of alkyl halides is 1. The van der Waals surface area contributed by atoms with E-state index in [1.165, 1.54) is 6.92 Å². The van der Waals surface area contributed by atoms with Crippen LogP contribution in [0.25, 0.3) is 0 Å². The molecular formula is C35H45FO11. The number of halogens is 1. The summed E-state index contributed by atoms with van der Waals surface area (Å²) in [4.78, 5) is 35.8. The number of benzene rings is 2. The van der Waals surface area contributed by atoms with E-state index < -0.39 is 73.3 Å². The molecule has 0 N–H and O–H groups in total. The lowest BCUT2D eigenvalue weighted by Gasteiger charge is -2.52. The van der Waals surface area contributed by atoms with Crippen molar-refractivity contribution in [1.29, 1.82) is 0 Å². The molecule has 5 unspecified atom stereocenters. The second kappa shape index (κ2) is 16.6. The summed E-state index contributed by atoms with van der Waals surface area (Å²) in [6.45, 7) is 9.04. The zero-order valence-corrected chi connectivity index (χ0v) is 27.7. The van der Waals surface area contributed by atoms with Crippen molar-refractivity contribution in [2.75, 3.05) is 6.61 Å². The molecule has 2 heterocycles. The standard InChI is InChI=1S/C35H45FO11/c1-7-27-21(2)30(41-18-25-14-10-8-11-15-25)33(42-19-26-16-12-9-13-17-26)35(6,46-27)47-34-29(36)32(44-24(5)39)31(43-23(4)38)28(45-34)20-40-22(3)37/h8-17,21,27-34H,7,18-20H2,1-6H3/t21-,27?,28?,29?,30+,31-,32?,33?,34+,35-/m1/s1. The van der Waals surface area contributed by atoms with Gasteiger partial charge in [-0.2, -0.15) is 0 Å². The van der Waals surface area contributed by atoms with Crippen molar-refractivity contribution in [3.05, 3.63) is 71.8 Å². The van der Waals surface area contributed by atoms with Gasteiger partial charge in [0, 0.05) is 26.7 Å². The summed E-state index contributed by atoms with van der Waals surface area (Å²) in [7, 11) is 0. The molecule has 0 saturated carbocycles. The maximum absolute atomic E-state index is 16.4. The highest BCUT2D eigenvalue weighted by Crippen LogP contribution is 2.42. The average molecular weight is 661 g/mol. The van der Waals surface area contributed by atoms with Gasteiger partial charge < -0.3 is 37.9 Å². The van der Waals surface area contributed by atoms with Gasteiger partial charge in [0.1, 0.15) is 18.8 Å². The molecule has 2 aliphatic rings. The summed E-state index contributed by atoms with van der Waals surface area (Å²) in [5.41, 5.74) is 1.84. The Morgan fingerprint density at radius 1 is 0.787 bits per heavy atom. The van der Waals surface area contributed by atoms with E-state index in [9.17, 15) is 14.4 Å². The number of hydrogen-bond acceptors (Lipinski definition) is 11. The highest BCUT2D eigenvalue weighted by Gasteiger charge is 2.58. The van der Waals surface area contributed by atoms with Gasteiger partial charge in [0.2, 0.25) is 0 Å². The summed E-state index contributed by atoms with van der Waals surface area (Å²) < 4.78 is 64.2. The lowest BCUT2D eigenvalue weighted by atomic mass is 9.85. The molecule has 4 rings (SSSR count). The van der Waals surface area contributed by atoms with E-state index in [0.717, 1.165) is 25.0 Å². The monoisotopic (exact) mass is 660 g/mol. The summed E-state index contributed by atoms with van der Waals surface area (Å²) in [5, 5.41) is 0. The third-order valence-electron chi connectivity index (χ3n) is 8.24. The molecule has 12 heteroatoms. The van der Waals surface area contributed by atoms with E-state index in [1.807, 2.05) is 74.5 Å². The van der Waals surface area contributed by atoms with Crippen molar-refractivity contribution >= 4 is 17.9 Å². The van der Waals surface area contributed by atoms with Gasteiger partial charge >= 0.3 is 17.9 Å². The van der Waals surface area contributed by atoms with Crippen molar-refractivity contribution in [3.63, 3.8) is 0 Å². The molecule has 2 aromatic rings. The topological polar surface area (TPSA) is 125 Å².